The minimum absolute atomic E-state index is 0.113. The van der Waals surface area contributed by atoms with E-state index in [9.17, 15) is 4.79 Å². The first-order valence-electron chi connectivity index (χ1n) is 8.66. The number of ether oxygens (including phenoxy) is 2. The summed E-state index contributed by atoms with van der Waals surface area (Å²) in [6.07, 6.45) is 0.113. The van der Waals surface area contributed by atoms with Gasteiger partial charge in [0.2, 0.25) is 0 Å². The van der Waals surface area contributed by atoms with Crippen LogP contribution in [0.3, 0.4) is 0 Å². The molecule has 4 heteroatoms. The molecule has 0 spiro atoms. The average molecular weight is 341 g/mol. The van der Waals surface area contributed by atoms with E-state index >= 15 is 0 Å². The van der Waals surface area contributed by atoms with Crippen molar-refractivity contribution in [2.45, 2.75) is 47.3 Å². The number of benzene rings is 2. The molecule has 0 saturated heterocycles. The van der Waals surface area contributed by atoms with E-state index in [0.29, 0.717) is 18.8 Å². The quantitative estimate of drug-likeness (QED) is 0.781. The Labute approximate surface area is 150 Å². The van der Waals surface area contributed by atoms with Crippen LogP contribution in [-0.4, -0.2) is 18.6 Å². The fourth-order valence-electron chi connectivity index (χ4n) is 2.53. The molecule has 2 aromatic carbocycles. The van der Waals surface area contributed by atoms with Crippen LogP contribution in [0.15, 0.2) is 36.4 Å². The van der Waals surface area contributed by atoms with Gasteiger partial charge >= 0.3 is 0 Å². The lowest BCUT2D eigenvalue weighted by molar-refractivity contribution is 0.0641. The number of rotatable bonds is 7. The van der Waals surface area contributed by atoms with Crippen molar-refractivity contribution in [3.63, 3.8) is 0 Å². The molecule has 0 fully saturated rings. The van der Waals surface area contributed by atoms with E-state index < -0.39 is 0 Å². The molecule has 2 aromatic rings. The number of carbonyl (C=O) groups is 1. The molecular formula is C21H27NO3. The molecule has 0 aliphatic heterocycles. The van der Waals surface area contributed by atoms with Gasteiger partial charge in [-0.15, -0.1) is 0 Å². The number of amides is 1. The van der Waals surface area contributed by atoms with Crippen LogP contribution < -0.4 is 10.1 Å². The zero-order valence-corrected chi connectivity index (χ0v) is 15.7. The molecule has 0 aromatic heterocycles. The summed E-state index contributed by atoms with van der Waals surface area (Å²) in [5.41, 5.74) is 4.51. The van der Waals surface area contributed by atoms with Crippen LogP contribution in [0, 0.1) is 13.8 Å². The lowest BCUT2D eigenvalue weighted by Crippen LogP contribution is -2.14. The van der Waals surface area contributed by atoms with Crippen LogP contribution in [0.4, 0.5) is 5.69 Å². The molecular weight excluding hydrogens is 314 g/mol. The molecule has 0 aliphatic carbocycles. The molecule has 0 bridgehead atoms. The molecule has 0 unspecified atom stereocenters. The summed E-state index contributed by atoms with van der Waals surface area (Å²) in [4.78, 5) is 12.6. The monoisotopic (exact) mass is 341 g/mol. The third-order valence-electron chi connectivity index (χ3n) is 3.82. The molecule has 1 N–H and O–H groups in total. The fraction of sp³-hybridized carbons (Fsp3) is 0.381. The maximum absolute atomic E-state index is 12.6. The van der Waals surface area contributed by atoms with Gasteiger partial charge in [-0.3, -0.25) is 4.79 Å². The molecule has 0 heterocycles. The Morgan fingerprint density at radius 2 is 1.88 bits per heavy atom. The Balaban J connectivity index is 2.22. The zero-order chi connectivity index (χ0) is 18.4. The highest BCUT2D eigenvalue weighted by molar-refractivity contribution is 6.04. The smallest absolute Gasteiger partial charge is 0.255 e. The van der Waals surface area contributed by atoms with Crippen LogP contribution in [0.25, 0.3) is 0 Å². The fourth-order valence-corrected chi connectivity index (χ4v) is 2.53. The second-order valence-corrected chi connectivity index (χ2v) is 6.39. The molecule has 0 saturated carbocycles. The molecule has 1 amide bonds. The highest BCUT2D eigenvalue weighted by atomic mass is 16.5. The third-order valence-corrected chi connectivity index (χ3v) is 3.82. The molecule has 25 heavy (non-hydrogen) atoms. The lowest BCUT2D eigenvalue weighted by atomic mass is 10.1. The van der Waals surface area contributed by atoms with Gasteiger partial charge in [0.1, 0.15) is 5.75 Å². The molecule has 4 nitrogen and oxygen atoms in total. The Morgan fingerprint density at radius 3 is 2.52 bits per heavy atom. The van der Waals surface area contributed by atoms with E-state index in [1.165, 1.54) is 5.56 Å². The number of hydrogen-bond donors (Lipinski definition) is 1. The van der Waals surface area contributed by atoms with Gasteiger partial charge in [-0.05, 0) is 64.4 Å². The van der Waals surface area contributed by atoms with E-state index in [-0.39, 0.29) is 12.0 Å². The van der Waals surface area contributed by atoms with Crippen molar-refractivity contribution in [3.05, 3.63) is 58.7 Å². The Kier molecular flexibility index (Phi) is 6.59. The Hall–Kier alpha value is -2.33. The van der Waals surface area contributed by atoms with Gasteiger partial charge in [-0.25, -0.2) is 0 Å². The van der Waals surface area contributed by atoms with E-state index in [2.05, 4.69) is 11.4 Å². The first kappa shape index (κ1) is 19.0. The maximum Gasteiger partial charge on any atom is 0.255 e. The van der Waals surface area contributed by atoms with Crippen molar-refractivity contribution in [2.75, 3.05) is 11.9 Å². The van der Waals surface area contributed by atoms with Crippen LogP contribution in [-0.2, 0) is 11.3 Å². The summed E-state index contributed by atoms with van der Waals surface area (Å²) in [5, 5.41) is 2.98. The Bertz CT molecular complexity index is 738. The molecule has 0 radical (unpaired) electrons. The average Bonchev–Trinajstić information content (AvgIpc) is 2.56. The summed E-state index contributed by atoms with van der Waals surface area (Å²) in [7, 11) is 0. The van der Waals surface area contributed by atoms with Gasteiger partial charge in [0.15, 0.2) is 0 Å². The third kappa shape index (κ3) is 5.33. The normalized spacial score (nSPS) is 10.8. The second kappa shape index (κ2) is 8.67. The van der Waals surface area contributed by atoms with Crippen molar-refractivity contribution in [1.29, 1.82) is 0 Å². The minimum Gasteiger partial charge on any atom is -0.494 e. The number of nitrogens with one attached hydrogen (secondary N) is 1. The predicted octanol–water partition coefficient (Wildman–Crippen LogP) is 4.88. The van der Waals surface area contributed by atoms with Crippen LogP contribution in [0.2, 0.25) is 0 Å². The predicted molar refractivity (Wildman–Crippen MR) is 101 cm³/mol. The summed E-state index contributed by atoms with van der Waals surface area (Å²) in [6.45, 7) is 10.9. The van der Waals surface area contributed by atoms with Crippen molar-refractivity contribution >= 4 is 11.6 Å². The molecule has 134 valence electrons. The number of carbonyl (C=O) groups excluding carboxylic acids is 1. The summed E-state index contributed by atoms with van der Waals surface area (Å²) >= 11 is 0. The summed E-state index contributed by atoms with van der Waals surface area (Å²) < 4.78 is 11.3. The van der Waals surface area contributed by atoms with Crippen LogP contribution >= 0.6 is 0 Å². The standard InChI is InChI=1S/C21H27NO3/c1-6-24-20-10-8-17(12-18(20)13-25-14(2)3)21(23)22-19-9-7-15(4)11-16(19)5/h7-12,14H,6,13H2,1-5H3,(H,22,23). The zero-order valence-electron chi connectivity index (χ0n) is 15.7. The van der Waals surface area contributed by atoms with Crippen LogP contribution in [0.5, 0.6) is 5.75 Å². The van der Waals surface area contributed by atoms with Crippen molar-refractivity contribution < 1.29 is 14.3 Å². The lowest BCUT2D eigenvalue weighted by Gasteiger charge is -2.14. The topological polar surface area (TPSA) is 47.6 Å². The summed E-state index contributed by atoms with van der Waals surface area (Å²) in [5.74, 6) is 0.618. The van der Waals surface area contributed by atoms with Gasteiger partial charge in [-0.1, -0.05) is 17.7 Å². The summed E-state index contributed by atoms with van der Waals surface area (Å²) in [6, 6.07) is 11.4. The largest absolute Gasteiger partial charge is 0.494 e. The van der Waals surface area contributed by atoms with E-state index in [0.717, 1.165) is 22.6 Å². The van der Waals surface area contributed by atoms with E-state index in [4.69, 9.17) is 9.47 Å². The van der Waals surface area contributed by atoms with Gasteiger partial charge < -0.3 is 14.8 Å². The molecule has 0 atom stereocenters. The van der Waals surface area contributed by atoms with Gasteiger partial charge in [-0.2, -0.15) is 0 Å². The molecule has 0 aliphatic rings. The van der Waals surface area contributed by atoms with Crippen LogP contribution in [0.1, 0.15) is 47.8 Å². The molecule has 2 rings (SSSR count). The van der Waals surface area contributed by atoms with Crippen molar-refractivity contribution in [3.8, 4) is 5.75 Å². The number of anilines is 1. The van der Waals surface area contributed by atoms with E-state index in [1.807, 2.05) is 58.9 Å². The minimum atomic E-state index is -0.138. The van der Waals surface area contributed by atoms with Gasteiger partial charge in [0, 0.05) is 16.8 Å². The van der Waals surface area contributed by atoms with Gasteiger partial charge in [0.25, 0.3) is 5.91 Å². The first-order valence-corrected chi connectivity index (χ1v) is 8.66. The second-order valence-electron chi connectivity index (χ2n) is 6.39. The highest BCUT2D eigenvalue weighted by Gasteiger charge is 2.12. The van der Waals surface area contributed by atoms with Crippen molar-refractivity contribution in [1.82, 2.24) is 0 Å². The maximum atomic E-state index is 12.6. The SMILES string of the molecule is CCOc1ccc(C(=O)Nc2ccc(C)cc2C)cc1COC(C)C. The Morgan fingerprint density at radius 1 is 1.12 bits per heavy atom. The number of aryl methyl sites for hydroxylation is 2. The van der Waals surface area contributed by atoms with Crippen molar-refractivity contribution in [2.24, 2.45) is 0 Å². The highest BCUT2D eigenvalue weighted by Crippen LogP contribution is 2.23. The van der Waals surface area contributed by atoms with Gasteiger partial charge in [0.05, 0.1) is 19.3 Å². The van der Waals surface area contributed by atoms with E-state index in [1.54, 1.807) is 6.07 Å². The number of hydrogen-bond acceptors (Lipinski definition) is 3. The first-order chi connectivity index (χ1) is 11.9.